The summed E-state index contributed by atoms with van der Waals surface area (Å²) in [6.45, 7) is 5.64. The molecule has 8 nitrogen and oxygen atoms in total. The number of carbonyl (C=O) groups is 2. The molecule has 2 amide bonds. The van der Waals surface area contributed by atoms with Gasteiger partial charge in [0.25, 0.3) is 5.91 Å². The van der Waals surface area contributed by atoms with Gasteiger partial charge in [-0.1, -0.05) is 42.7 Å². The van der Waals surface area contributed by atoms with Crippen LogP contribution < -0.4 is 10.3 Å². The number of carbonyl (C=O) groups excluding carboxylic acids is 2. The summed E-state index contributed by atoms with van der Waals surface area (Å²) in [7, 11) is 0. The van der Waals surface area contributed by atoms with E-state index in [0.717, 1.165) is 10.8 Å². The topological polar surface area (TPSA) is 105 Å². The van der Waals surface area contributed by atoms with E-state index in [0.29, 0.717) is 22.2 Å². The molecule has 0 bridgehead atoms. The Balaban J connectivity index is 1.48. The van der Waals surface area contributed by atoms with Gasteiger partial charge in [-0.15, -0.1) is 0 Å². The maximum absolute atomic E-state index is 13.4. The normalized spacial score (nSPS) is 19.2. The van der Waals surface area contributed by atoms with Crippen molar-refractivity contribution in [3.05, 3.63) is 58.9 Å². The van der Waals surface area contributed by atoms with Gasteiger partial charge in [-0.3, -0.25) is 9.59 Å². The number of aromatic nitrogens is 1. The number of aryl methyl sites for hydroxylation is 1. The minimum atomic E-state index is -0.864. The van der Waals surface area contributed by atoms with Crippen molar-refractivity contribution in [2.75, 3.05) is 6.54 Å². The summed E-state index contributed by atoms with van der Waals surface area (Å²) in [5.41, 5.74) is 3.10. The third-order valence-corrected chi connectivity index (χ3v) is 6.03. The Morgan fingerprint density at radius 2 is 1.94 bits per heavy atom. The number of rotatable bonds is 6. The quantitative estimate of drug-likeness (QED) is 0.532. The van der Waals surface area contributed by atoms with Crippen molar-refractivity contribution in [1.82, 2.24) is 15.5 Å². The highest BCUT2D eigenvalue weighted by atomic mass is 35.5. The summed E-state index contributed by atoms with van der Waals surface area (Å²) in [6, 6.07) is 11.7. The van der Waals surface area contributed by atoms with Crippen LogP contribution in [0.1, 0.15) is 37.6 Å². The standard InChI is InChI=1S/C24H26ClN3O5/c1-13(2)22(21-8-14(3)26-33-21)24(31)28-12-18(29)11-20(28)23(30)27-32-19-7-5-15-9-17(25)6-4-16(15)10-19/h4-10,13,18,20,22,29H,11-12H2,1-3H3,(H,27,30)/t18-,20-,22-/m1/s1. The predicted octanol–water partition coefficient (Wildman–Crippen LogP) is 3.60. The van der Waals surface area contributed by atoms with Gasteiger partial charge in [-0.2, -0.15) is 5.48 Å². The molecule has 174 valence electrons. The number of hydroxylamine groups is 1. The number of hydrogen-bond acceptors (Lipinski definition) is 6. The van der Waals surface area contributed by atoms with E-state index < -0.39 is 24.0 Å². The zero-order valence-corrected chi connectivity index (χ0v) is 19.4. The molecule has 3 atom stereocenters. The summed E-state index contributed by atoms with van der Waals surface area (Å²) >= 11 is 6.02. The maximum atomic E-state index is 13.4. The second-order valence-electron chi connectivity index (χ2n) is 8.71. The van der Waals surface area contributed by atoms with Gasteiger partial charge in [0.15, 0.2) is 5.75 Å². The lowest BCUT2D eigenvalue weighted by molar-refractivity contribution is -0.143. The number of halogens is 1. The van der Waals surface area contributed by atoms with Crippen molar-refractivity contribution < 1.29 is 24.1 Å². The summed E-state index contributed by atoms with van der Waals surface area (Å²) in [5.74, 6) is -0.617. The van der Waals surface area contributed by atoms with Crippen molar-refractivity contribution in [2.24, 2.45) is 5.92 Å². The molecular formula is C24H26ClN3O5. The third kappa shape index (κ3) is 4.96. The van der Waals surface area contributed by atoms with Crippen LogP contribution in [0.2, 0.25) is 5.02 Å². The molecule has 1 aromatic heterocycles. The summed E-state index contributed by atoms with van der Waals surface area (Å²) in [4.78, 5) is 33.2. The average Bonchev–Trinajstić information content (AvgIpc) is 3.37. The van der Waals surface area contributed by atoms with Gasteiger partial charge >= 0.3 is 0 Å². The van der Waals surface area contributed by atoms with Crippen LogP contribution in [0.15, 0.2) is 47.0 Å². The first-order valence-electron chi connectivity index (χ1n) is 10.8. The van der Waals surface area contributed by atoms with Gasteiger partial charge in [0.05, 0.1) is 11.8 Å². The molecule has 1 aliphatic rings. The van der Waals surface area contributed by atoms with Crippen molar-refractivity contribution in [2.45, 2.75) is 45.3 Å². The van der Waals surface area contributed by atoms with Crippen LogP contribution in [0.5, 0.6) is 5.75 Å². The molecule has 4 rings (SSSR count). The van der Waals surface area contributed by atoms with E-state index in [-0.39, 0.29) is 24.8 Å². The number of nitrogens with zero attached hydrogens (tertiary/aromatic N) is 2. The summed E-state index contributed by atoms with van der Waals surface area (Å²) < 4.78 is 5.35. The lowest BCUT2D eigenvalue weighted by Gasteiger charge is -2.28. The molecular weight excluding hydrogens is 446 g/mol. The number of aliphatic hydroxyl groups excluding tert-OH is 1. The van der Waals surface area contributed by atoms with Crippen LogP contribution in [0, 0.1) is 12.8 Å². The molecule has 0 radical (unpaired) electrons. The monoisotopic (exact) mass is 471 g/mol. The number of likely N-dealkylation sites (tertiary alicyclic amines) is 1. The third-order valence-electron chi connectivity index (χ3n) is 5.79. The van der Waals surface area contributed by atoms with Crippen LogP contribution in [-0.4, -0.2) is 45.7 Å². The number of β-amino-alcohol motifs (C(OH)–C–C–N with tert-alkyl or cyclic N) is 1. The fraction of sp³-hybridized carbons (Fsp3) is 0.375. The fourth-order valence-electron chi connectivity index (χ4n) is 4.19. The Morgan fingerprint density at radius 1 is 1.21 bits per heavy atom. The Hall–Kier alpha value is -3.10. The number of aliphatic hydroxyl groups is 1. The van der Waals surface area contributed by atoms with Crippen molar-refractivity contribution in [3.63, 3.8) is 0 Å². The zero-order chi connectivity index (χ0) is 23.7. The summed E-state index contributed by atoms with van der Waals surface area (Å²) in [6.07, 6.45) is -0.684. The van der Waals surface area contributed by atoms with Gasteiger partial charge in [-0.25, -0.2) is 0 Å². The first kappa shape index (κ1) is 23.1. The lowest BCUT2D eigenvalue weighted by atomic mass is 9.91. The SMILES string of the molecule is Cc1cc([C@H](C(=O)N2C[C@H](O)C[C@@H]2C(=O)NOc2ccc3cc(Cl)ccc3c2)C(C)C)on1. The Bertz CT molecular complexity index is 1180. The van der Waals surface area contributed by atoms with Crippen molar-refractivity contribution in [1.29, 1.82) is 0 Å². The molecule has 1 aliphatic heterocycles. The number of fused-ring (bicyclic) bond motifs is 1. The minimum absolute atomic E-state index is 0.0595. The zero-order valence-electron chi connectivity index (χ0n) is 18.6. The fourth-order valence-corrected chi connectivity index (χ4v) is 4.37. The maximum Gasteiger partial charge on any atom is 0.275 e. The largest absolute Gasteiger partial charge is 0.391 e. The van der Waals surface area contributed by atoms with E-state index >= 15 is 0 Å². The van der Waals surface area contributed by atoms with Gasteiger partial charge in [-0.05, 0) is 47.9 Å². The Kier molecular flexibility index (Phi) is 6.58. The molecule has 33 heavy (non-hydrogen) atoms. The van der Waals surface area contributed by atoms with Crippen molar-refractivity contribution in [3.8, 4) is 5.75 Å². The van der Waals surface area contributed by atoms with Crippen LogP contribution in [-0.2, 0) is 9.59 Å². The molecule has 9 heteroatoms. The second kappa shape index (κ2) is 9.41. The molecule has 0 unspecified atom stereocenters. The molecule has 2 heterocycles. The van der Waals surface area contributed by atoms with Gasteiger partial charge in [0.1, 0.15) is 17.7 Å². The smallest absolute Gasteiger partial charge is 0.275 e. The highest BCUT2D eigenvalue weighted by molar-refractivity contribution is 6.31. The molecule has 3 aromatic rings. The van der Waals surface area contributed by atoms with Gasteiger partial charge < -0.3 is 19.4 Å². The van der Waals surface area contributed by atoms with Gasteiger partial charge in [0.2, 0.25) is 5.91 Å². The van der Waals surface area contributed by atoms with E-state index in [2.05, 4.69) is 10.6 Å². The molecule has 1 saturated heterocycles. The number of amides is 2. The molecule has 2 N–H and O–H groups in total. The molecule has 0 saturated carbocycles. The van der Waals surface area contributed by atoms with Crippen LogP contribution in [0.4, 0.5) is 0 Å². The Labute approximate surface area is 196 Å². The summed E-state index contributed by atoms with van der Waals surface area (Å²) in [5, 5.41) is 16.6. The first-order valence-corrected chi connectivity index (χ1v) is 11.2. The minimum Gasteiger partial charge on any atom is -0.391 e. The number of nitrogens with one attached hydrogen (secondary N) is 1. The highest BCUT2D eigenvalue weighted by Gasteiger charge is 2.43. The van der Waals surface area contributed by atoms with E-state index in [9.17, 15) is 14.7 Å². The predicted molar refractivity (Wildman–Crippen MR) is 123 cm³/mol. The molecule has 0 spiro atoms. The number of benzene rings is 2. The van der Waals surface area contributed by atoms with Gasteiger partial charge in [0, 0.05) is 24.1 Å². The van der Waals surface area contributed by atoms with Crippen LogP contribution >= 0.6 is 11.6 Å². The average molecular weight is 472 g/mol. The van der Waals surface area contributed by atoms with E-state index in [1.54, 1.807) is 31.2 Å². The Morgan fingerprint density at radius 3 is 2.64 bits per heavy atom. The molecule has 2 aromatic carbocycles. The molecule has 0 aliphatic carbocycles. The number of hydrogen-bond donors (Lipinski definition) is 2. The second-order valence-corrected chi connectivity index (χ2v) is 9.15. The highest BCUT2D eigenvalue weighted by Crippen LogP contribution is 2.31. The van der Waals surface area contributed by atoms with E-state index in [1.807, 2.05) is 32.0 Å². The van der Waals surface area contributed by atoms with Crippen LogP contribution in [0.3, 0.4) is 0 Å². The van der Waals surface area contributed by atoms with Crippen LogP contribution in [0.25, 0.3) is 10.8 Å². The lowest BCUT2D eigenvalue weighted by Crippen LogP contribution is -2.48. The van der Waals surface area contributed by atoms with E-state index in [1.165, 1.54) is 4.90 Å². The first-order chi connectivity index (χ1) is 15.7. The van der Waals surface area contributed by atoms with E-state index in [4.69, 9.17) is 21.0 Å². The molecule has 1 fully saturated rings. The van der Waals surface area contributed by atoms with Crippen molar-refractivity contribution >= 4 is 34.2 Å².